The molecule has 38 heavy (non-hydrogen) atoms. The number of rotatable bonds is 7. The molecule has 2 amide bonds. The average molecular weight is 545 g/mol. The molecular formula is C24H22F7N5O2. The Kier molecular flexibility index (Phi) is 7.84. The summed E-state index contributed by atoms with van der Waals surface area (Å²) in [5, 5.41) is 9.12. The van der Waals surface area contributed by atoms with Crippen LogP contribution in [-0.2, 0) is 23.4 Å². The first-order chi connectivity index (χ1) is 17.6. The van der Waals surface area contributed by atoms with Gasteiger partial charge in [0.2, 0.25) is 5.91 Å². The maximum Gasteiger partial charge on any atom is 0.435 e. The van der Waals surface area contributed by atoms with Gasteiger partial charge in [0.15, 0.2) is 0 Å². The van der Waals surface area contributed by atoms with Crippen molar-refractivity contribution in [1.29, 1.82) is 0 Å². The summed E-state index contributed by atoms with van der Waals surface area (Å²) >= 11 is 0. The Bertz CT molecular complexity index is 1320. The molecule has 2 aromatic carbocycles. The van der Waals surface area contributed by atoms with Crippen LogP contribution in [0.5, 0.6) is 0 Å². The van der Waals surface area contributed by atoms with Crippen molar-refractivity contribution < 1.29 is 40.3 Å². The summed E-state index contributed by atoms with van der Waals surface area (Å²) in [6.45, 7) is 3.93. The molecule has 1 heterocycles. The molecule has 0 radical (unpaired) electrons. The predicted molar refractivity (Wildman–Crippen MR) is 122 cm³/mol. The highest BCUT2D eigenvalue weighted by atomic mass is 19.4. The Morgan fingerprint density at radius 1 is 0.974 bits per heavy atom. The van der Waals surface area contributed by atoms with Gasteiger partial charge in [-0.2, -0.15) is 31.4 Å². The van der Waals surface area contributed by atoms with E-state index in [0.717, 1.165) is 0 Å². The standard InChI is InChI=1S/C24H22F7N5O2/c1-4-15-9-18(22(25,23(26,27)28)24(29,30)31)7-13(2)20(15)35-21(38)16-5-6-19(36-12-32-11-34-36)17(8-16)10-33-14(3)37/h5-9,11-12H,4,10H2,1-3H3,(H,33,37)(H,35,38). The zero-order valence-electron chi connectivity index (χ0n) is 20.3. The molecule has 0 spiro atoms. The number of alkyl halides is 7. The first kappa shape index (κ1) is 28.6. The summed E-state index contributed by atoms with van der Waals surface area (Å²) in [5.74, 6) is -1.07. The number of aromatic nitrogens is 3. The summed E-state index contributed by atoms with van der Waals surface area (Å²) in [6, 6.07) is 5.27. The number of carbonyl (C=O) groups is 2. The van der Waals surface area contributed by atoms with E-state index in [1.165, 1.54) is 56.3 Å². The summed E-state index contributed by atoms with van der Waals surface area (Å²) in [6.07, 6.45) is -9.94. The van der Waals surface area contributed by atoms with E-state index < -0.39 is 29.5 Å². The fourth-order valence-corrected chi connectivity index (χ4v) is 3.83. The van der Waals surface area contributed by atoms with Crippen LogP contribution in [0.2, 0.25) is 0 Å². The number of nitrogens with zero attached hydrogens (tertiary/aromatic N) is 3. The fraction of sp³-hybridized carbons (Fsp3) is 0.333. The van der Waals surface area contributed by atoms with Crippen molar-refractivity contribution in [2.75, 3.05) is 5.32 Å². The third-order valence-electron chi connectivity index (χ3n) is 5.75. The highest BCUT2D eigenvalue weighted by Crippen LogP contribution is 2.53. The Morgan fingerprint density at radius 3 is 2.16 bits per heavy atom. The number of anilines is 1. The minimum absolute atomic E-state index is 0.0209. The van der Waals surface area contributed by atoms with Crippen molar-refractivity contribution in [2.24, 2.45) is 0 Å². The van der Waals surface area contributed by atoms with E-state index >= 15 is 0 Å². The summed E-state index contributed by atoms with van der Waals surface area (Å²) in [7, 11) is 0. The molecule has 0 bridgehead atoms. The van der Waals surface area contributed by atoms with Crippen molar-refractivity contribution in [2.45, 2.75) is 51.8 Å². The third kappa shape index (κ3) is 5.48. The molecule has 14 heteroatoms. The molecule has 0 atom stereocenters. The third-order valence-corrected chi connectivity index (χ3v) is 5.75. The van der Waals surface area contributed by atoms with Gasteiger partial charge in [-0.1, -0.05) is 13.0 Å². The van der Waals surface area contributed by atoms with Gasteiger partial charge in [-0.05, 0) is 54.3 Å². The van der Waals surface area contributed by atoms with Crippen molar-refractivity contribution in [3.8, 4) is 5.69 Å². The fourth-order valence-electron chi connectivity index (χ4n) is 3.83. The lowest BCUT2D eigenvalue weighted by Crippen LogP contribution is -2.50. The normalized spacial score (nSPS) is 12.4. The van der Waals surface area contributed by atoms with E-state index in [9.17, 15) is 40.3 Å². The van der Waals surface area contributed by atoms with E-state index in [4.69, 9.17) is 0 Å². The number of aryl methyl sites for hydroxylation is 2. The second-order valence-corrected chi connectivity index (χ2v) is 8.38. The molecule has 0 unspecified atom stereocenters. The second-order valence-electron chi connectivity index (χ2n) is 8.38. The van der Waals surface area contributed by atoms with Crippen LogP contribution in [0.25, 0.3) is 5.69 Å². The minimum atomic E-state index is -6.26. The van der Waals surface area contributed by atoms with E-state index in [0.29, 0.717) is 23.4 Å². The lowest BCUT2D eigenvalue weighted by Gasteiger charge is -2.31. The zero-order valence-corrected chi connectivity index (χ0v) is 20.3. The van der Waals surface area contributed by atoms with E-state index in [1.54, 1.807) is 0 Å². The monoisotopic (exact) mass is 545 g/mol. The molecule has 3 aromatic rings. The topological polar surface area (TPSA) is 88.9 Å². The van der Waals surface area contributed by atoms with Crippen molar-refractivity contribution in [3.63, 3.8) is 0 Å². The quantitative estimate of drug-likeness (QED) is 0.394. The Labute approximate surface area is 212 Å². The summed E-state index contributed by atoms with van der Waals surface area (Å²) < 4.78 is 95.7. The summed E-state index contributed by atoms with van der Waals surface area (Å²) in [5.41, 5.74) is -6.53. The molecule has 0 aliphatic rings. The highest BCUT2D eigenvalue weighted by molar-refractivity contribution is 6.05. The van der Waals surface area contributed by atoms with Gasteiger partial charge >= 0.3 is 18.0 Å². The molecule has 0 saturated heterocycles. The molecule has 0 aliphatic heterocycles. The van der Waals surface area contributed by atoms with Crippen LogP contribution < -0.4 is 10.6 Å². The molecule has 0 aliphatic carbocycles. The lowest BCUT2D eigenvalue weighted by atomic mass is 9.89. The van der Waals surface area contributed by atoms with Crippen molar-refractivity contribution in [3.05, 3.63) is 70.8 Å². The van der Waals surface area contributed by atoms with Gasteiger partial charge in [0.1, 0.15) is 12.7 Å². The van der Waals surface area contributed by atoms with E-state index in [1.807, 2.05) is 0 Å². The molecule has 0 fully saturated rings. The number of halogens is 7. The van der Waals surface area contributed by atoms with Gasteiger partial charge in [0, 0.05) is 30.3 Å². The van der Waals surface area contributed by atoms with Crippen molar-refractivity contribution >= 4 is 17.5 Å². The lowest BCUT2D eigenvalue weighted by molar-refractivity contribution is -0.348. The number of hydrogen-bond donors (Lipinski definition) is 2. The van der Waals surface area contributed by atoms with Gasteiger partial charge in [-0.25, -0.2) is 14.1 Å². The molecule has 1 aromatic heterocycles. The first-order valence-corrected chi connectivity index (χ1v) is 11.1. The predicted octanol–water partition coefficient (Wildman–Crippen LogP) is 5.32. The number of hydrogen-bond acceptors (Lipinski definition) is 4. The molecular weight excluding hydrogens is 523 g/mol. The largest absolute Gasteiger partial charge is 0.435 e. The van der Waals surface area contributed by atoms with Gasteiger partial charge in [-0.3, -0.25) is 9.59 Å². The van der Waals surface area contributed by atoms with Crippen LogP contribution in [0.1, 0.15) is 46.5 Å². The van der Waals surface area contributed by atoms with Gasteiger partial charge in [-0.15, -0.1) is 0 Å². The Morgan fingerprint density at radius 2 is 1.63 bits per heavy atom. The van der Waals surface area contributed by atoms with Gasteiger partial charge in [0.05, 0.1) is 5.69 Å². The van der Waals surface area contributed by atoms with E-state index in [-0.39, 0.29) is 41.3 Å². The Balaban J connectivity index is 2.01. The van der Waals surface area contributed by atoms with Crippen LogP contribution in [0.3, 0.4) is 0 Å². The average Bonchev–Trinajstić information content (AvgIpc) is 3.36. The zero-order chi connectivity index (χ0) is 28.5. The summed E-state index contributed by atoms with van der Waals surface area (Å²) in [4.78, 5) is 28.3. The van der Waals surface area contributed by atoms with Crippen molar-refractivity contribution in [1.82, 2.24) is 20.1 Å². The maximum atomic E-state index is 14.6. The molecule has 3 rings (SSSR count). The second kappa shape index (κ2) is 10.4. The molecule has 2 N–H and O–H groups in total. The van der Waals surface area contributed by atoms with Gasteiger partial charge < -0.3 is 10.6 Å². The highest BCUT2D eigenvalue weighted by Gasteiger charge is 2.73. The van der Waals surface area contributed by atoms with Crippen LogP contribution in [0.4, 0.5) is 36.4 Å². The van der Waals surface area contributed by atoms with Crippen LogP contribution in [0.15, 0.2) is 43.0 Å². The number of benzene rings is 2. The Hall–Kier alpha value is -3.97. The van der Waals surface area contributed by atoms with Crippen LogP contribution >= 0.6 is 0 Å². The number of amides is 2. The maximum absolute atomic E-state index is 14.6. The number of nitrogens with one attached hydrogen (secondary N) is 2. The van der Waals surface area contributed by atoms with Gasteiger partial charge in [0.25, 0.3) is 5.91 Å². The van der Waals surface area contributed by atoms with Crippen LogP contribution in [-0.4, -0.2) is 38.9 Å². The smallest absolute Gasteiger partial charge is 0.352 e. The number of carbonyl (C=O) groups excluding carboxylic acids is 2. The minimum Gasteiger partial charge on any atom is -0.352 e. The molecule has 7 nitrogen and oxygen atoms in total. The first-order valence-electron chi connectivity index (χ1n) is 11.1. The SMILES string of the molecule is CCc1cc(C(F)(C(F)(F)F)C(F)(F)F)cc(C)c1NC(=O)c1ccc(-n2cncn2)c(CNC(C)=O)c1. The van der Waals surface area contributed by atoms with E-state index in [2.05, 4.69) is 20.7 Å². The van der Waals surface area contributed by atoms with Crippen LogP contribution in [0, 0.1) is 6.92 Å². The molecule has 204 valence electrons. The molecule has 0 saturated carbocycles.